The number of amides is 1. The van der Waals surface area contributed by atoms with Crippen molar-refractivity contribution in [3.8, 4) is 5.75 Å². The van der Waals surface area contributed by atoms with Gasteiger partial charge < -0.3 is 20.3 Å². The number of carboxylic acids is 1. The maximum absolute atomic E-state index is 12.7. The number of rotatable bonds is 7. The van der Waals surface area contributed by atoms with Gasteiger partial charge in [0.1, 0.15) is 12.4 Å². The van der Waals surface area contributed by atoms with Gasteiger partial charge in [0.05, 0.1) is 17.7 Å². The molecule has 0 bridgehead atoms. The number of carbonyl (C=O) groups excluding carboxylic acids is 1. The van der Waals surface area contributed by atoms with E-state index >= 15 is 0 Å². The van der Waals surface area contributed by atoms with Crippen LogP contribution in [0.5, 0.6) is 5.75 Å². The summed E-state index contributed by atoms with van der Waals surface area (Å²) in [6.45, 7) is -0.912. The van der Waals surface area contributed by atoms with Crippen LogP contribution in [0.2, 0.25) is 0 Å². The minimum absolute atomic E-state index is 0.0327. The van der Waals surface area contributed by atoms with Crippen LogP contribution in [-0.4, -0.2) is 34.7 Å². The quantitative estimate of drug-likeness (QED) is 0.529. The van der Waals surface area contributed by atoms with Crippen LogP contribution in [0, 0.1) is 0 Å². The number of fused-ring (bicyclic) bond motifs is 1. The van der Waals surface area contributed by atoms with E-state index in [1.165, 1.54) is 18.2 Å². The standard InChI is InChI=1S/C22H18F3NO5/c23-22(24,25)15-8-5-13(6-9-15)12-31-19-16-4-2-1-3-14(16)7-10-17(19)20(28)26-18(11-27)21(29)30/h1-10,18,27H,11-12H2,(H,26,28)(H,29,30)/t18-/m0/s1. The third-order valence-electron chi connectivity index (χ3n) is 4.57. The number of alkyl halides is 3. The average molecular weight is 433 g/mol. The number of benzene rings is 3. The monoisotopic (exact) mass is 433 g/mol. The first-order valence-electron chi connectivity index (χ1n) is 9.16. The Balaban J connectivity index is 1.91. The van der Waals surface area contributed by atoms with Crippen LogP contribution < -0.4 is 10.1 Å². The second kappa shape index (κ2) is 9.05. The van der Waals surface area contributed by atoms with Crippen molar-refractivity contribution in [3.05, 3.63) is 77.4 Å². The van der Waals surface area contributed by atoms with Crippen molar-refractivity contribution in [2.75, 3.05) is 6.61 Å². The molecule has 1 atom stereocenters. The van der Waals surface area contributed by atoms with Crippen molar-refractivity contribution in [1.29, 1.82) is 0 Å². The summed E-state index contributed by atoms with van der Waals surface area (Å²) in [6.07, 6.45) is -4.45. The van der Waals surface area contributed by atoms with Crippen molar-refractivity contribution in [2.45, 2.75) is 18.8 Å². The van der Waals surface area contributed by atoms with Gasteiger partial charge in [-0.3, -0.25) is 4.79 Å². The molecule has 3 rings (SSSR count). The van der Waals surface area contributed by atoms with Crippen LogP contribution in [0.15, 0.2) is 60.7 Å². The van der Waals surface area contributed by atoms with E-state index in [4.69, 9.17) is 14.9 Å². The number of nitrogens with one attached hydrogen (secondary N) is 1. The van der Waals surface area contributed by atoms with Crippen molar-refractivity contribution >= 4 is 22.6 Å². The number of carboxylic acid groups (broad SMARTS) is 1. The zero-order valence-corrected chi connectivity index (χ0v) is 16.0. The molecule has 0 saturated carbocycles. The first-order chi connectivity index (χ1) is 14.7. The molecule has 0 radical (unpaired) electrons. The minimum Gasteiger partial charge on any atom is -0.487 e. The van der Waals surface area contributed by atoms with Gasteiger partial charge in [0.25, 0.3) is 5.91 Å². The van der Waals surface area contributed by atoms with E-state index in [2.05, 4.69) is 5.32 Å². The van der Waals surface area contributed by atoms with Gasteiger partial charge in [-0.2, -0.15) is 13.2 Å². The van der Waals surface area contributed by atoms with Gasteiger partial charge in [0, 0.05) is 5.39 Å². The predicted molar refractivity (Wildman–Crippen MR) is 106 cm³/mol. The molecule has 162 valence electrons. The average Bonchev–Trinajstić information content (AvgIpc) is 2.74. The number of halogens is 3. The second-order valence-electron chi connectivity index (χ2n) is 6.69. The molecule has 9 heteroatoms. The van der Waals surface area contributed by atoms with E-state index in [9.17, 15) is 22.8 Å². The van der Waals surface area contributed by atoms with E-state index in [1.54, 1.807) is 30.3 Å². The highest BCUT2D eigenvalue weighted by molar-refractivity contribution is 6.04. The SMILES string of the molecule is O=C(N[C@@H](CO)C(=O)O)c1ccc2ccccc2c1OCc1ccc(C(F)(F)F)cc1. The third-order valence-corrected chi connectivity index (χ3v) is 4.57. The van der Waals surface area contributed by atoms with Crippen LogP contribution in [0.25, 0.3) is 10.8 Å². The Morgan fingerprint density at radius 1 is 1.00 bits per heavy atom. The first kappa shape index (κ1) is 22.1. The lowest BCUT2D eigenvalue weighted by Gasteiger charge is -2.17. The van der Waals surface area contributed by atoms with Crippen molar-refractivity contribution in [1.82, 2.24) is 5.32 Å². The Morgan fingerprint density at radius 2 is 1.68 bits per heavy atom. The van der Waals surface area contributed by atoms with Gasteiger partial charge in [-0.25, -0.2) is 4.79 Å². The van der Waals surface area contributed by atoms with Crippen LogP contribution in [0.1, 0.15) is 21.5 Å². The molecule has 0 aliphatic rings. The molecule has 0 aliphatic heterocycles. The molecule has 0 spiro atoms. The number of aliphatic hydroxyl groups excluding tert-OH is 1. The van der Waals surface area contributed by atoms with Crippen LogP contribution in [-0.2, 0) is 17.6 Å². The molecule has 3 aromatic carbocycles. The molecule has 0 aliphatic carbocycles. The minimum atomic E-state index is -4.45. The molecule has 31 heavy (non-hydrogen) atoms. The number of ether oxygens (including phenoxy) is 1. The molecule has 0 unspecified atom stereocenters. The molecule has 6 nitrogen and oxygen atoms in total. The number of carbonyl (C=O) groups is 2. The van der Waals surface area contributed by atoms with E-state index in [0.717, 1.165) is 17.5 Å². The van der Waals surface area contributed by atoms with E-state index in [1.807, 2.05) is 0 Å². The highest BCUT2D eigenvalue weighted by atomic mass is 19.4. The molecule has 0 fully saturated rings. The highest BCUT2D eigenvalue weighted by Crippen LogP contribution is 2.32. The third kappa shape index (κ3) is 5.13. The Kier molecular flexibility index (Phi) is 6.45. The number of hydrogen-bond acceptors (Lipinski definition) is 4. The number of aliphatic carboxylic acids is 1. The molecule has 1 amide bonds. The fourth-order valence-electron chi connectivity index (χ4n) is 2.94. The Labute approximate surface area is 174 Å². The van der Waals surface area contributed by atoms with Gasteiger partial charge in [0.2, 0.25) is 0 Å². The zero-order valence-electron chi connectivity index (χ0n) is 16.0. The molecule has 3 aromatic rings. The highest BCUT2D eigenvalue weighted by Gasteiger charge is 2.30. The Hall–Kier alpha value is -3.59. The second-order valence-corrected chi connectivity index (χ2v) is 6.69. The van der Waals surface area contributed by atoms with Crippen LogP contribution >= 0.6 is 0 Å². The van der Waals surface area contributed by atoms with Gasteiger partial charge in [-0.15, -0.1) is 0 Å². The van der Waals surface area contributed by atoms with Gasteiger partial charge in [0.15, 0.2) is 6.04 Å². The largest absolute Gasteiger partial charge is 0.487 e. The lowest BCUT2D eigenvalue weighted by molar-refractivity contribution is -0.140. The van der Waals surface area contributed by atoms with Crippen molar-refractivity contribution < 1.29 is 37.7 Å². The predicted octanol–water partition coefficient (Wildman–Crippen LogP) is 3.61. The topological polar surface area (TPSA) is 95.9 Å². The molecule has 0 aromatic heterocycles. The molecule has 0 saturated heterocycles. The van der Waals surface area contributed by atoms with Crippen molar-refractivity contribution in [2.24, 2.45) is 0 Å². The van der Waals surface area contributed by atoms with Gasteiger partial charge in [-0.1, -0.05) is 42.5 Å². The summed E-state index contributed by atoms with van der Waals surface area (Å²) in [4.78, 5) is 23.8. The molecule has 3 N–H and O–H groups in total. The molecular formula is C22H18F3NO5. The smallest absolute Gasteiger partial charge is 0.416 e. The fraction of sp³-hybridized carbons (Fsp3) is 0.182. The summed E-state index contributed by atoms with van der Waals surface area (Å²) in [7, 11) is 0. The van der Waals surface area contributed by atoms with Crippen molar-refractivity contribution in [3.63, 3.8) is 0 Å². The number of aliphatic hydroxyl groups is 1. The van der Waals surface area contributed by atoms with Gasteiger partial charge in [-0.05, 0) is 29.1 Å². The fourth-order valence-corrected chi connectivity index (χ4v) is 2.94. The van der Waals surface area contributed by atoms with Gasteiger partial charge >= 0.3 is 12.1 Å². The lowest BCUT2D eigenvalue weighted by Crippen LogP contribution is -2.43. The van der Waals surface area contributed by atoms with E-state index < -0.39 is 36.3 Å². The van der Waals surface area contributed by atoms with Crippen LogP contribution in [0.4, 0.5) is 13.2 Å². The molecule has 0 heterocycles. The Morgan fingerprint density at radius 3 is 2.29 bits per heavy atom. The summed E-state index contributed by atoms with van der Waals surface area (Å²) < 4.78 is 44.0. The van der Waals surface area contributed by atoms with E-state index in [0.29, 0.717) is 10.9 Å². The summed E-state index contributed by atoms with van der Waals surface area (Å²) in [5, 5.41) is 21.7. The number of hydrogen-bond donors (Lipinski definition) is 3. The normalized spacial score (nSPS) is 12.4. The van der Waals surface area contributed by atoms with E-state index in [-0.39, 0.29) is 17.9 Å². The zero-order chi connectivity index (χ0) is 22.6. The molecular weight excluding hydrogens is 415 g/mol. The van der Waals surface area contributed by atoms with Crippen LogP contribution in [0.3, 0.4) is 0 Å². The Bertz CT molecular complexity index is 1100. The summed E-state index contributed by atoms with van der Waals surface area (Å²) >= 11 is 0. The summed E-state index contributed by atoms with van der Waals surface area (Å²) in [5.74, 6) is -2.02. The summed E-state index contributed by atoms with van der Waals surface area (Å²) in [5.41, 5.74) is -0.304. The maximum atomic E-state index is 12.7. The first-order valence-corrected chi connectivity index (χ1v) is 9.16. The maximum Gasteiger partial charge on any atom is 0.416 e. The lowest BCUT2D eigenvalue weighted by atomic mass is 10.0. The summed E-state index contributed by atoms with van der Waals surface area (Å²) in [6, 6.07) is 13.0.